The van der Waals surface area contributed by atoms with Crippen LogP contribution < -0.4 is 10.1 Å². The van der Waals surface area contributed by atoms with E-state index in [0.29, 0.717) is 12.5 Å². The van der Waals surface area contributed by atoms with E-state index in [2.05, 4.69) is 17.4 Å². The Labute approximate surface area is 132 Å². The molecule has 1 fully saturated rings. The average molecular weight is 297 g/mol. The van der Waals surface area contributed by atoms with Crippen molar-refractivity contribution in [2.45, 2.75) is 19.1 Å². The van der Waals surface area contributed by atoms with Crippen LogP contribution in [0.2, 0.25) is 0 Å². The molecule has 0 saturated carbocycles. The maximum Gasteiger partial charge on any atom is 0.119 e. The normalized spacial score (nSPS) is 21.5. The van der Waals surface area contributed by atoms with Gasteiger partial charge in [0.2, 0.25) is 0 Å². The van der Waals surface area contributed by atoms with Crippen molar-refractivity contribution < 1.29 is 9.47 Å². The Kier molecular flexibility index (Phi) is 5.46. The molecule has 1 aliphatic rings. The van der Waals surface area contributed by atoms with Crippen molar-refractivity contribution >= 4 is 0 Å². The molecule has 116 valence electrons. The minimum absolute atomic E-state index is 0.262. The zero-order valence-electron chi connectivity index (χ0n) is 12.8. The second-order valence-corrected chi connectivity index (χ2v) is 5.80. The van der Waals surface area contributed by atoms with Crippen molar-refractivity contribution in [3.05, 3.63) is 66.2 Å². The Morgan fingerprint density at radius 1 is 0.909 bits per heavy atom. The van der Waals surface area contributed by atoms with E-state index in [4.69, 9.17) is 9.47 Å². The topological polar surface area (TPSA) is 30.5 Å². The first-order valence-electron chi connectivity index (χ1n) is 7.94. The highest BCUT2D eigenvalue weighted by Gasteiger charge is 2.22. The minimum atomic E-state index is 0.262. The molecule has 3 heteroatoms. The summed E-state index contributed by atoms with van der Waals surface area (Å²) in [7, 11) is 0. The second-order valence-electron chi connectivity index (χ2n) is 5.80. The first-order valence-corrected chi connectivity index (χ1v) is 7.94. The van der Waals surface area contributed by atoms with Crippen LogP contribution in [-0.2, 0) is 11.3 Å². The molecular weight excluding hydrogens is 274 g/mol. The monoisotopic (exact) mass is 297 g/mol. The highest BCUT2D eigenvalue weighted by Crippen LogP contribution is 2.17. The van der Waals surface area contributed by atoms with Crippen molar-refractivity contribution in [2.24, 2.45) is 5.92 Å². The number of hydrogen-bond donors (Lipinski definition) is 1. The third-order valence-electron chi connectivity index (χ3n) is 3.96. The molecule has 2 aromatic carbocycles. The van der Waals surface area contributed by atoms with E-state index in [1.807, 2.05) is 48.5 Å². The summed E-state index contributed by atoms with van der Waals surface area (Å²) in [6, 6.07) is 20.3. The molecule has 2 atom stereocenters. The average Bonchev–Trinajstić information content (AvgIpc) is 2.60. The predicted molar refractivity (Wildman–Crippen MR) is 87.9 cm³/mol. The molecule has 2 aromatic rings. The minimum Gasteiger partial charge on any atom is -0.493 e. The van der Waals surface area contributed by atoms with Gasteiger partial charge in [0.1, 0.15) is 5.75 Å². The number of piperidine rings is 1. The van der Waals surface area contributed by atoms with Crippen LogP contribution in [0.5, 0.6) is 5.75 Å². The van der Waals surface area contributed by atoms with E-state index >= 15 is 0 Å². The van der Waals surface area contributed by atoms with Gasteiger partial charge in [-0.1, -0.05) is 48.5 Å². The second kappa shape index (κ2) is 7.97. The van der Waals surface area contributed by atoms with E-state index in [1.54, 1.807) is 0 Å². The molecule has 0 aliphatic carbocycles. The van der Waals surface area contributed by atoms with Gasteiger partial charge < -0.3 is 14.8 Å². The maximum absolute atomic E-state index is 6.03. The molecule has 3 nitrogen and oxygen atoms in total. The molecule has 1 heterocycles. The summed E-state index contributed by atoms with van der Waals surface area (Å²) in [6.07, 6.45) is 1.31. The molecule has 0 spiro atoms. The Balaban J connectivity index is 1.43. The lowest BCUT2D eigenvalue weighted by Crippen LogP contribution is -2.42. The van der Waals surface area contributed by atoms with Crippen molar-refractivity contribution in [2.75, 3.05) is 19.7 Å². The van der Waals surface area contributed by atoms with E-state index in [9.17, 15) is 0 Å². The van der Waals surface area contributed by atoms with Gasteiger partial charge in [0, 0.05) is 19.0 Å². The molecule has 0 aromatic heterocycles. The highest BCUT2D eigenvalue weighted by atomic mass is 16.5. The van der Waals surface area contributed by atoms with Crippen LogP contribution in [0.1, 0.15) is 12.0 Å². The summed E-state index contributed by atoms with van der Waals surface area (Å²) < 4.78 is 11.9. The first kappa shape index (κ1) is 15.1. The molecule has 1 N–H and O–H groups in total. The Morgan fingerprint density at radius 2 is 1.64 bits per heavy atom. The number of nitrogens with one attached hydrogen (secondary N) is 1. The molecular formula is C19H23NO2. The molecule has 0 amide bonds. The fourth-order valence-corrected chi connectivity index (χ4v) is 2.76. The number of benzene rings is 2. The van der Waals surface area contributed by atoms with Crippen LogP contribution in [0.25, 0.3) is 0 Å². The van der Waals surface area contributed by atoms with Crippen LogP contribution in [0, 0.1) is 5.92 Å². The summed E-state index contributed by atoms with van der Waals surface area (Å²) >= 11 is 0. The summed E-state index contributed by atoms with van der Waals surface area (Å²) in [5, 5.41) is 3.45. The van der Waals surface area contributed by atoms with E-state index in [0.717, 1.165) is 31.9 Å². The van der Waals surface area contributed by atoms with Crippen molar-refractivity contribution in [3.63, 3.8) is 0 Å². The third-order valence-corrected chi connectivity index (χ3v) is 3.96. The van der Waals surface area contributed by atoms with Gasteiger partial charge in [-0.2, -0.15) is 0 Å². The largest absolute Gasteiger partial charge is 0.493 e. The standard InChI is InChI=1S/C19H23NO2/c1-3-7-16(8-4-1)14-22-19-11-17(12-20-13-19)15-21-18-9-5-2-6-10-18/h1-10,17,19-20H,11-15H2/t17-,19-/m1/s1. The lowest BCUT2D eigenvalue weighted by Gasteiger charge is -2.30. The molecule has 0 bridgehead atoms. The van der Waals surface area contributed by atoms with Crippen LogP contribution >= 0.6 is 0 Å². The quantitative estimate of drug-likeness (QED) is 0.888. The van der Waals surface area contributed by atoms with E-state index in [1.165, 1.54) is 5.56 Å². The SMILES string of the molecule is c1ccc(CO[C@H]2CNC[C@H](COc3ccccc3)C2)cc1. The molecule has 0 radical (unpaired) electrons. The van der Waals surface area contributed by atoms with E-state index in [-0.39, 0.29) is 6.10 Å². The van der Waals surface area contributed by atoms with Crippen molar-refractivity contribution in [1.29, 1.82) is 0 Å². The summed E-state index contributed by atoms with van der Waals surface area (Å²) in [6.45, 7) is 3.34. The van der Waals surface area contributed by atoms with Crippen LogP contribution in [0.4, 0.5) is 0 Å². The van der Waals surface area contributed by atoms with Gasteiger partial charge in [0.15, 0.2) is 0 Å². The van der Waals surface area contributed by atoms with Gasteiger partial charge >= 0.3 is 0 Å². The molecule has 22 heavy (non-hydrogen) atoms. The van der Waals surface area contributed by atoms with Gasteiger partial charge in [-0.3, -0.25) is 0 Å². The lowest BCUT2D eigenvalue weighted by molar-refractivity contribution is 0.00485. The van der Waals surface area contributed by atoms with Gasteiger partial charge in [0.25, 0.3) is 0 Å². The summed E-state index contributed by atoms with van der Waals surface area (Å²) in [4.78, 5) is 0. The van der Waals surface area contributed by atoms with Gasteiger partial charge in [-0.15, -0.1) is 0 Å². The zero-order chi connectivity index (χ0) is 15.0. The first-order chi connectivity index (χ1) is 10.9. The summed E-state index contributed by atoms with van der Waals surface area (Å²) in [5.41, 5.74) is 1.23. The zero-order valence-corrected chi connectivity index (χ0v) is 12.8. The number of para-hydroxylation sites is 1. The Bertz CT molecular complexity index is 494. The Hall–Kier alpha value is -1.84. The molecule has 1 aliphatic heterocycles. The van der Waals surface area contributed by atoms with Gasteiger partial charge in [-0.25, -0.2) is 0 Å². The van der Waals surface area contributed by atoms with Gasteiger partial charge in [-0.05, 0) is 24.1 Å². The van der Waals surface area contributed by atoms with Crippen molar-refractivity contribution in [1.82, 2.24) is 5.32 Å². The van der Waals surface area contributed by atoms with Crippen LogP contribution in [-0.4, -0.2) is 25.8 Å². The highest BCUT2D eigenvalue weighted by molar-refractivity contribution is 5.20. The fourth-order valence-electron chi connectivity index (χ4n) is 2.76. The Morgan fingerprint density at radius 3 is 2.41 bits per heavy atom. The third kappa shape index (κ3) is 4.58. The summed E-state index contributed by atoms with van der Waals surface area (Å²) in [5.74, 6) is 1.43. The number of hydrogen-bond acceptors (Lipinski definition) is 3. The van der Waals surface area contributed by atoms with Crippen LogP contribution in [0.15, 0.2) is 60.7 Å². The smallest absolute Gasteiger partial charge is 0.119 e. The van der Waals surface area contributed by atoms with Gasteiger partial charge in [0.05, 0.1) is 19.3 Å². The predicted octanol–water partition coefficient (Wildman–Crippen LogP) is 3.26. The fraction of sp³-hybridized carbons (Fsp3) is 0.368. The van der Waals surface area contributed by atoms with Crippen molar-refractivity contribution in [3.8, 4) is 5.75 Å². The number of ether oxygens (including phenoxy) is 2. The molecule has 1 saturated heterocycles. The van der Waals surface area contributed by atoms with E-state index < -0.39 is 0 Å². The maximum atomic E-state index is 6.03. The lowest BCUT2D eigenvalue weighted by atomic mass is 9.98. The molecule has 3 rings (SSSR count). The molecule has 0 unspecified atom stereocenters. The van der Waals surface area contributed by atoms with Crippen LogP contribution in [0.3, 0.4) is 0 Å². The number of rotatable bonds is 6.